The summed E-state index contributed by atoms with van der Waals surface area (Å²) < 4.78 is 32.1. The molecule has 0 fully saturated rings. The van der Waals surface area contributed by atoms with Gasteiger partial charge in [0.2, 0.25) is 15.9 Å². The van der Waals surface area contributed by atoms with E-state index >= 15 is 0 Å². The van der Waals surface area contributed by atoms with E-state index < -0.39 is 10.0 Å². The molecular weight excluding hydrogens is 392 g/mol. The van der Waals surface area contributed by atoms with Crippen LogP contribution in [0, 0.1) is 11.3 Å². The number of amides is 1. The van der Waals surface area contributed by atoms with Crippen LogP contribution >= 0.6 is 0 Å². The molecule has 0 radical (unpaired) electrons. The lowest BCUT2D eigenvalue weighted by molar-refractivity contribution is -0.114. The largest absolute Gasteiger partial charge is 0.495 e. The molecule has 0 aliphatic heterocycles. The maximum absolute atomic E-state index is 12.7. The zero-order valence-electron chi connectivity index (χ0n) is 16.6. The highest BCUT2D eigenvalue weighted by Gasteiger charge is 2.23. The van der Waals surface area contributed by atoms with Crippen molar-refractivity contribution in [2.24, 2.45) is 0 Å². The predicted molar refractivity (Wildman–Crippen MR) is 111 cm³/mol. The predicted octanol–water partition coefficient (Wildman–Crippen LogP) is 2.65. The van der Waals surface area contributed by atoms with Crippen LogP contribution in [0.3, 0.4) is 0 Å². The van der Waals surface area contributed by atoms with E-state index in [0.29, 0.717) is 35.8 Å². The number of benzene rings is 2. The quantitative estimate of drug-likeness (QED) is 0.650. The van der Waals surface area contributed by atoms with Crippen LogP contribution in [0.4, 0.5) is 11.4 Å². The molecule has 0 heterocycles. The number of ether oxygens (including phenoxy) is 1. The van der Waals surface area contributed by atoms with Crippen molar-refractivity contribution in [2.75, 3.05) is 37.4 Å². The zero-order chi connectivity index (χ0) is 21.4. The number of carbonyl (C=O) groups is 1. The van der Waals surface area contributed by atoms with Gasteiger partial charge in [0.15, 0.2) is 0 Å². The Kier molecular flexibility index (Phi) is 7.59. The summed E-state index contributed by atoms with van der Waals surface area (Å²) in [6, 6.07) is 13.0. The minimum absolute atomic E-state index is 0.0921. The number of methoxy groups -OCH3 is 1. The first-order chi connectivity index (χ1) is 13.8. The van der Waals surface area contributed by atoms with Gasteiger partial charge in [-0.1, -0.05) is 13.8 Å². The summed E-state index contributed by atoms with van der Waals surface area (Å²) in [5, 5.41) is 14.4. The third kappa shape index (κ3) is 5.47. The van der Waals surface area contributed by atoms with Crippen LogP contribution in [0.15, 0.2) is 47.4 Å². The average Bonchev–Trinajstić information content (AvgIpc) is 2.73. The summed E-state index contributed by atoms with van der Waals surface area (Å²) in [6.45, 7) is 4.18. The van der Waals surface area contributed by atoms with Gasteiger partial charge in [0.25, 0.3) is 0 Å². The number of nitriles is 1. The Labute approximate surface area is 171 Å². The summed E-state index contributed by atoms with van der Waals surface area (Å²) in [4.78, 5) is 12.3. The fourth-order valence-electron chi connectivity index (χ4n) is 2.71. The van der Waals surface area contributed by atoms with E-state index in [4.69, 9.17) is 10.00 Å². The van der Waals surface area contributed by atoms with Gasteiger partial charge < -0.3 is 15.4 Å². The molecule has 0 aliphatic rings. The summed E-state index contributed by atoms with van der Waals surface area (Å²) in [7, 11) is -2.16. The van der Waals surface area contributed by atoms with E-state index in [1.807, 2.05) is 6.07 Å². The van der Waals surface area contributed by atoms with Crippen LogP contribution in [-0.2, 0) is 14.8 Å². The molecule has 0 bridgehead atoms. The molecule has 29 heavy (non-hydrogen) atoms. The highest BCUT2D eigenvalue weighted by molar-refractivity contribution is 7.89. The molecule has 2 N–H and O–H groups in total. The minimum atomic E-state index is -3.63. The lowest BCUT2D eigenvalue weighted by atomic mass is 10.2. The second-order valence-corrected chi connectivity index (χ2v) is 7.98. The SMILES string of the molecule is CCN(CC)S(=O)(=O)c1ccc(OC)c(NCC(=O)Nc2ccc(C#N)cc2)c1. The molecule has 2 aromatic carbocycles. The first kappa shape index (κ1) is 22.2. The fourth-order valence-corrected chi connectivity index (χ4v) is 4.19. The average molecular weight is 417 g/mol. The Bertz CT molecular complexity index is 994. The van der Waals surface area contributed by atoms with Gasteiger partial charge >= 0.3 is 0 Å². The minimum Gasteiger partial charge on any atom is -0.495 e. The third-order valence-electron chi connectivity index (χ3n) is 4.25. The number of hydrogen-bond acceptors (Lipinski definition) is 6. The molecule has 2 rings (SSSR count). The van der Waals surface area contributed by atoms with E-state index in [-0.39, 0.29) is 17.3 Å². The molecule has 1 amide bonds. The number of anilines is 2. The molecule has 0 aromatic heterocycles. The second-order valence-electron chi connectivity index (χ2n) is 6.04. The van der Waals surface area contributed by atoms with Crippen LogP contribution in [0.5, 0.6) is 5.75 Å². The summed E-state index contributed by atoms with van der Waals surface area (Å²) in [5.74, 6) is 0.100. The number of nitrogens with zero attached hydrogens (tertiary/aromatic N) is 2. The summed E-state index contributed by atoms with van der Waals surface area (Å²) in [6.07, 6.45) is 0. The Morgan fingerprint density at radius 2 is 1.79 bits per heavy atom. The van der Waals surface area contributed by atoms with Crippen LogP contribution in [0.2, 0.25) is 0 Å². The van der Waals surface area contributed by atoms with Crippen LogP contribution in [-0.4, -0.2) is 45.4 Å². The summed E-state index contributed by atoms with van der Waals surface area (Å²) in [5.41, 5.74) is 1.45. The highest BCUT2D eigenvalue weighted by Crippen LogP contribution is 2.28. The van der Waals surface area contributed by atoms with Gasteiger partial charge in [-0.15, -0.1) is 0 Å². The number of rotatable bonds is 9. The monoisotopic (exact) mass is 416 g/mol. The van der Waals surface area contributed by atoms with E-state index in [1.165, 1.54) is 23.5 Å². The summed E-state index contributed by atoms with van der Waals surface area (Å²) >= 11 is 0. The molecule has 0 saturated heterocycles. The molecule has 8 nitrogen and oxygen atoms in total. The number of carbonyl (C=O) groups excluding carboxylic acids is 1. The first-order valence-electron chi connectivity index (χ1n) is 9.07. The topological polar surface area (TPSA) is 112 Å². The number of nitrogens with one attached hydrogen (secondary N) is 2. The molecule has 0 unspecified atom stereocenters. The van der Waals surface area contributed by atoms with E-state index in [1.54, 1.807) is 44.2 Å². The maximum atomic E-state index is 12.7. The first-order valence-corrected chi connectivity index (χ1v) is 10.5. The molecule has 0 atom stereocenters. The normalized spacial score (nSPS) is 11.0. The highest BCUT2D eigenvalue weighted by atomic mass is 32.2. The van der Waals surface area contributed by atoms with Gasteiger partial charge in [0.05, 0.1) is 35.9 Å². The Morgan fingerprint density at radius 1 is 1.14 bits per heavy atom. The van der Waals surface area contributed by atoms with Gasteiger partial charge in [0, 0.05) is 18.8 Å². The smallest absolute Gasteiger partial charge is 0.243 e. The maximum Gasteiger partial charge on any atom is 0.243 e. The number of sulfonamides is 1. The van der Waals surface area contributed by atoms with E-state index in [9.17, 15) is 13.2 Å². The van der Waals surface area contributed by atoms with Gasteiger partial charge in [-0.2, -0.15) is 9.57 Å². The van der Waals surface area contributed by atoms with E-state index in [0.717, 1.165) is 0 Å². The van der Waals surface area contributed by atoms with Crippen molar-refractivity contribution >= 4 is 27.3 Å². The van der Waals surface area contributed by atoms with Gasteiger partial charge in [-0.05, 0) is 42.5 Å². The van der Waals surface area contributed by atoms with Crippen molar-refractivity contribution in [1.82, 2.24) is 4.31 Å². The fraction of sp³-hybridized carbons (Fsp3) is 0.300. The van der Waals surface area contributed by atoms with Crippen molar-refractivity contribution in [1.29, 1.82) is 5.26 Å². The van der Waals surface area contributed by atoms with Crippen molar-refractivity contribution in [3.8, 4) is 11.8 Å². The molecule has 0 spiro atoms. The Balaban J connectivity index is 2.14. The van der Waals surface area contributed by atoms with Crippen molar-refractivity contribution < 1.29 is 17.9 Å². The van der Waals surface area contributed by atoms with Gasteiger partial charge in [0.1, 0.15) is 5.75 Å². The Morgan fingerprint density at radius 3 is 2.34 bits per heavy atom. The molecule has 2 aromatic rings. The molecule has 0 aliphatic carbocycles. The lowest BCUT2D eigenvalue weighted by Gasteiger charge is -2.20. The van der Waals surface area contributed by atoms with Crippen molar-refractivity contribution in [3.05, 3.63) is 48.0 Å². The standard InChI is InChI=1S/C20H24N4O4S/c1-4-24(5-2)29(26,27)17-10-11-19(28-3)18(12-17)22-14-20(25)23-16-8-6-15(13-21)7-9-16/h6-12,22H,4-5,14H2,1-3H3,(H,23,25). The third-order valence-corrected chi connectivity index (χ3v) is 6.30. The molecular formula is C20H24N4O4S. The van der Waals surface area contributed by atoms with Gasteiger partial charge in [-0.3, -0.25) is 4.79 Å². The van der Waals surface area contributed by atoms with E-state index in [2.05, 4.69) is 10.6 Å². The van der Waals surface area contributed by atoms with Crippen LogP contribution in [0.1, 0.15) is 19.4 Å². The van der Waals surface area contributed by atoms with Gasteiger partial charge in [-0.25, -0.2) is 8.42 Å². The number of hydrogen-bond donors (Lipinski definition) is 2. The Hall–Kier alpha value is -3.09. The van der Waals surface area contributed by atoms with Crippen LogP contribution in [0.25, 0.3) is 0 Å². The molecule has 9 heteroatoms. The zero-order valence-corrected chi connectivity index (χ0v) is 17.4. The molecule has 154 valence electrons. The lowest BCUT2D eigenvalue weighted by Crippen LogP contribution is -2.30. The van der Waals surface area contributed by atoms with Crippen LogP contribution < -0.4 is 15.4 Å². The molecule has 0 saturated carbocycles. The van der Waals surface area contributed by atoms with Crippen molar-refractivity contribution in [3.63, 3.8) is 0 Å². The van der Waals surface area contributed by atoms with Crippen molar-refractivity contribution in [2.45, 2.75) is 18.7 Å². The second kappa shape index (κ2) is 9.91.